The molecule has 0 saturated carbocycles. The summed E-state index contributed by atoms with van der Waals surface area (Å²) >= 11 is 1.39. The highest BCUT2D eigenvalue weighted by Gasteiger charge is 2.15. The molecule has 1 N–H and O–H groups in total. The number of thiazole rings is 1. The van der Waals surface area contributed by atoms with E-state index in [9.17, 15) is 4.79 Å². The predicted octanol–water partition coefficient (Wildman–Crippen LogP) is 3.44. The van der Waals surface area contributed by atoms with Crippen molar-refractivity contribution in [1.82, 2.24) is 4.98 Å². The highest BCUT2D eigenvalue weighted by atomic mass is 32.1. The molecule has 6 heteroatoms. The topological polar surface area (TPSA) is 60.5 Å². The number of hydrogen-bond donors (Lipinski definition) is 1. The number of aromatic nitrogens is 1. The van der Waals surface area contributed by atoms with E-state index in [1.54, 1.807) is 6.08 Å². The Labute approximate surface area is 126 Å². The van der Waals surface area contributed by atoms with Crippen molar-refractivity contribution in [1.29, 1.82) is 0 Å². The number of anilines is 1. The summed E-state index contributed by atoms with van der Waals surface area (Å²) in [5.74, 6) is 1.29. The first-order chi connectivity index (χ1) is 10.1. The van der Waals surface area contributed by atoms with E-state index in [0.717, 1.165) is 28.3 Å². The normalized spacial score (nSPS) is 12.1. The Morgan fingerprint density at radius 3 is 2.95 bits per heavy atom. The number of hydrogen-bond acceptors (Lipinski definition) is 5. The summed E-state index contributed by atoms with van der Waals surface area (Å²) in [5.41, 5.74) is 2.67. The Hall–Kier alpha value is -2.34. The Morgan fingerprint density at radius 1 is 1.33 bits per heavy atom. The molecule has 0 atom stereocenters. The van der Waals surface area contributed by atoms with Gasteiger partial charge in [0.25, 0.3) is 0 Å². The fraction of sp³-hybridized carbons (Fsp3) is 0.200. The van der Waals surface area contributed by atoms with Crippen LogP contribution in [0.5, 0.6) is 11.5 Å². The maximum atomic E-state index is 11.7. The third-order valence-corrected chi connectivity index (χ3v) is 3.58. The number of fused-ring (bicyclic) bond motifs is 1. The molecular weight excluding hydrogens is 288 g/mol. The molecule has 1 aliphatic rings. The second kappa shape index (κ2) is 5.57. The van der Waals surface area contributed by atoms with Gasteiger partial charge >= 0.3 is 0 Å². The number of carbonyl (C=O) groups excluding carboxylic acids is 1. The number of benzene rings is 1. The van der Waals surface area contributed by atoms with Crippen LogP contribution in [0.3, 0.4) is 0 Å². The molecule has 0 saturated heterocycles. The van der Waals surface area contributed by atoms with Crippen molar-refractivity contribution in [2.24, 2.45) is 0 Å². The van der Waals surface area contributed by atoms with Gasteiger partial charge in [-0.05, 0) is 32.0 Å². The van der Waals surface area contributed by atoms with Gasteiger partial charge in [0, 0.05) is 17.0 Å². The highest BCUT2D eigenvalue weighted by Crippen LogP contribution is 2.36. The second-order valence-corrected chi connectivity index (χ2v) is 5.67. The van der Waals surface area contributed by atoms with Crippen molar-refractivity contribution in [3.63, 3.8) is 0 Å². The number of nitrogens with one attached hydrogen (secondary N) is 1. The summed E-state index contributed by atoms with van der Waals surface area (Å²) in [5, 5.41) is 5.22. The Kier molecular flexibility index (Phi) is 3.62. The minimum atomic E-state index is -0.165. The summed E-state index contributed by atoms with van der Waals surface area (Å²) in [6.07, 6.45) is 1.54. The van der Waals surface area contributed by atoms with Gasteiger partial charge in [0.05, 0.1) is 5.69 Å². The number of rotatable bonds is 3. The summed E-state index contributed by atoms with van der Waals surface area (Å²) < 4.78 is 10.6. The van der Waals surface area contributed by atoms with Gasteiger partial charge < -0.3 is 9.47 Å². The van der Waals surface area contributed by atoms with Crippen molar-refractivity contribution < 1.29 is 14.3 Å². The van der Waals surface area contributed by atoms with E-state index in [-0.39, 0.29) is 12.7 Å². The van der Waals surface area contributed by atoms with Gasteiger partial charge in [-0.3, -0.25) is 10.1 Å². The molecule has 0 aliphatic carbocycles. The Bertz CT molecular complexity index is 717. The van der Waals surface area contributed by atoms with Crippen LogP contribution >= 0.6 is 11.3 Å². The SMILES string of the molecule is CC(C)=CC(=O)Nc1nc(-c2ccc3c(c2)OCO3)cs1. The first-order valence-electron chi connectivity index (χ1n) is 6.43. The van der Waals surface area contributed by atoms with Gasteiger partial charge in [-0.2, -0.15) is 0 Å². The van der Waals surface area contributed by atoms with Crippen LogP contribution in [0.15, 0.2) is 35.2 Å². The van der Waals surface area contributed by atoms with Gasteiger partial charge in [0.2, 0.25) is 12.7 Å². The Balaban J connectivity index is 1.79. The van der Waals surface area contributed by atoms with E-state index in [0.29, 0.717) is 5.13 Å². The van der Waals surface area contributed by atoms with Crippen LogP contribution in [0.2, 0.25) is 0 Å². The van der Waals surface area contributed by atoms with E-state index in [1.807, 2.05) is 37.4 Å². The minimum Gasteiger partial charge on any atom is -0.454 e. The first-order valence-corrected chi connectivity index (χ1v) is 7.31. The van der Waals surface area contributed by atoms with E-state index in [2.05, 4.69) is 10.3 Å². The Morgan fingerprint density at radius 2 is 2.14 bits per heavy atom. The molecule has 2 aromatic rings. The summed E-state index contributed by atoms with van der Waals surface area (Å²) in [4.78, 5) is 16.1. The van der Waals surface area contributed by atoms with Crippen molar-refractivity contribution in [2.75, 3.05) is 12.1 Å². The molecular formula is C15H14N2O3S. The maximum Gasteiger partial charge on any atom is 0.250 e. The molecule has 0 bridgehead atoms. The molecule has 1 amide bonds. The molecule has 5 nitrogen and oxygen atoms in total. The molecule has 1 aliphatic heterocycles. The average Bonchev–Trinajstić information content (AvgIpc) is 3.04. The molecule has 0 fully saturated rings. The molecule has 2 heterocycles. The zero-order chi connectivity index (χ0) is 14.8. The number of ether oxygens (including phenoxy) is 2. The van der Waals surface area contributed by atoms with Crippen LogP contribution in [0.4, 0.5) is 5.13 Å². The maximum absolute atomic E-state index is 11.7. The first kappa shape index (κ1) is 13.6. The van der Waals surface area contributed by atoms with Gasteiger partial charge in [-0.15, -0.1) is 11.3 Å². The number of allylic oxidation sites excluding steroid dienone is 1. The van der Waals surface area contributed by atoms with E-state index >= 15 is 0 Å². The summed E-state index contributed by atoms with van der Waals surface area (Å²) in [6, 6.07) is 5.67. The van der Waals surface area contributed by atoms with Crippen molar-refractivity contribution in [3.05, 3.63) is 35.2 Å². The van der Waals surface area contributed by atoms with Crippen molar-refractivity contribution >= 4 is 22.4 Å². The monoisotopic (exact) mass is 302 g/mol. The smallest absolute Gasteiger partial charge is 0.250 e. The lowest BCUT2D eigenvalue weighted by Gasteiger charge is -2.00. The molecule has 0 radical (unpaired) electrons. The van der Waals surface area contributed by atoms with Crippen molar-refractivity contribution in [3.8, 4) is 22.8 Å². The van der Waals surface area contributed by atoms with Crippen LogP contribution < -0.4 is 14.8 Å². The lowest BCUT2D eigenvalue weighted by Crippen LogP contribution is -2.07. The van der Waals surface area contributed by atoms with E-state index < -0.39 is 0 Å². The standard InChI is InChI=1S/C15H14N2O3S/c1-9(2)5-14(18)17-15-16-11(7-21-15)10-3-4-12-13(6-10)20-8-19-12/h3-7H,8H2,1-2H3,(H,16,17,18). The molecule has 1 aromatic carbocycles. The molecule has 0 unspecified atom stereocenters. The summed E-state index contributed by atoms with van der Waals surface area (Å²) in [7, 11) is 0. The lowest BCUT2D eigenvalue weighted by molar-refractivity contribution is -0.111. The fourth-order valence-corrected chi connectivity index (χ4v) is 2.65. The summed E-state index contributed by atoms with van der Waals surface area (Å²) in [6.45, 7) is 4.00. The van der Waals surface area contributed by atoms with Gasteiger partial charge in [-0.25, -0.2) is 4.98 Å². The molecule has 3 rings (SSSR count). The molecule has 1 aromatic heterocycles. The zero-order valence-electron chi connectivity index (χ0n) is 11.7. The second-order valence-electron chi connectivity index (χ2n) is 4.82. The third kappa shape index (κ3) is 3.05. The van der Waals surface area contributed by atoms with Gasteiger partial charge in [0.15, 0.2) is 16.6 Å². The molecule has 0 spiro atoms. The number of nitrogens with zero attached hydrogens (tertiary/aromatic N) is 1. The van der Waals surface area contributed by atoms with Gasteiger partial charge in [0.1, 0.15) is 0 Å². The average molecular weight is 302 g/mol. The van der Waals surface area contributed by atoms with E-state index in [4.69, 9.17) is 9.47 Å². The van der Waals surface area contributed by atoms with E-state index in [1.165, 1.54) is 11.3 Å². The van der Waals surface area contributed by atoms with Gasteiger partial charge in [-0.1, -0.05) is 5.57 Å². The van der Waals surface area contributed by atoms with Crippen LogP contribution in [-0.2, 0) is 4.79 Å². The van der Waals surface area contributed by atoms with Crippen LogP contribution in [0, 0.1) is 0 Å². The number of carbonyl (C=O) groups is 1. The van der Waals surface area contributed by atoms with Crippen molar-refractivity contribution in [2.45, 2.75) is 13.8 Å². The lowest BCUT2D eigenvalue weighted by atomic mass is 10.1. The van der Waals surface area contributed by atoms with Crippen LogP contribution in [-0.4, -0.2) is 17.7 Å². The van der Waals surface area contributed by atoms with Crippen LogP contribution in [0.25, 0.3) is 11.3 Å². The molecule has 21 heavy (non-hydrogen) atoms. The number of amides is 1. The largest absolute Gasteiger partial charge is 0.454 e. The zero-order valence-corrected chi connectivity index (χ0v) is 12.5. The molecule has 108 valence electrons. The highest BCUT2D eigenvalue weighted by molar-refractivity contribution is 7.14. The van der Waals surface area contributed by atoms with Crippen LogP contribution in [0.1, 0.15) is 13.8 Å². The quantitative estimate of drug-likeness (QED) is 0.882. The fourth-order valence-electron chi connectivity index (χ4n) is 1.92. The predicted molar refractivity (Wildman–Crippen MR) is 81.7 cm³/mol. The third-order valence-electron chi connectivity index (χ3n) is 2.82. The minimum absolute atomic E-state index is 0.165.